The van der Waals surface area contributed by atoms with Crippen LogP contribution in [0.3, 0.4) is 0 Å². The molecule has 0 saturated heterocycles. The molecule has 0 aliphatic carbocycles. The normalized spacial score (nSPS) is 8.75. The van der Waals surface area contributed by atoms with Crippen LogP contribution < -0.4 is 15.9 Å². The summed E-state index contributed by atoms with van der Waals surface area (Å²) in [6.07, 6.45) is 0. The Balaban J connectivity index is 4.35. The number of nitrogens with zero attached hydrogens (tertiary/aromatic N) is 4. The number of halogens is 3. The predicted octanol–water partition coefficient (Wildman–Crippen LogP) is -1.24. The second-order valence-corrected chi connectivity index (χ2v) is 3.51. The van der Waals surface area contributed by atoms with Crippen molar-refractivity contribution in [1.82, 2.24) is 0 Å². The molecule has 20 heavy (non-hydrogen) atoms. The minimum atomic E-state index is -1.79. The van der Waals surface area contributed by atoms with Gasteiger partial charge < -0.3 is 0 Å². The minimum absolute atomic E-state index is 0.528. The first-order valence-corrected chi connectivity index (χ1v) is 4.96. The molecule has 0 heterocycles. The van der Waals surface area contributed by atoms with Crippen LogP contribution in [0, 0.1) is 62.8 Å². The lowest BCUT2D eigenvalue weighted by Crippen LogP contribution is -2.42. The van der Waals surface area contributed by atoms with Gasteiger partial charge in [0, 0.05) is 5.22 Å². The lowest BCUT2D eigenvalue weighted by Gasteiger charge is -2.04. The summed E-state index contributed by atoms with van der Waals surface area (Å²) in [5.41, 5.74) is -2.27. The first-order chi connectivity index (χ1) is 9.44. The van der Waals surface area contributed by atoms with Crippen LogP contribution in [0.1, 0.15) is 0 Å². The van der Waals surface area contributed by atoms with Crippen molar-refractivity contribution in [2.45, 2.75) is 0 Å². The molecule has 0 radical (unpaired) electrons. The molecule has 0 aromatic heterocycles. The highest BCUT2D eigenvalue weighted by Crippen LogP contribution is 2.00. The maximum absolute atomic E-state index is 14.0. The van der Waals surface area contributed by atoms with Crippen molar-refractivity contribution < 1.29 is 13.2 Å². The molecular formula is C12H2BF3N4. The van der Waals surface area contributed by atoms with Gasteiger partial charge in [-0.15, -0.1) is 0 Å². The Bertz CT molecular complexity index is 750. The minimum Gasteiger partial charge on any atom is -0.207 e. The van der Waals surface area contributed by atoms with Crippen molar-refractivity contribution in [3.63, 3.8) is 0 Å². The smallest absolute Gasteiger partial charge is 0.171 e. The van der Waals surface area contributed by atoms with Gasteiger partial charge in [-0.1, -0.05) is 0 Å². The van der Waals surface area contributed by atoms with E-state index in [4.69, 9.17) is 21.0 Å². The van der Waals surface area contributed by atoms with Crippen molar-refractivity contribution in [1.29, 1.82) is 21.0 Å². The van der Waals surface area contributed by atoms with Gasteiger partial charge in [-0.2, -0.15) is 21.0 Å². The number of nitriles is 4. The maximum Gasteiger partial charge on any atom is 0.171 e. The van der Waals surface area contributed by atoms with Gasteiger partial charge in [0.2, 0.25) is 0 Å². The van der Waals surface area contributed by atoms with Crippen LogP contribution in [0.25, 0.3) is 11.1 Å². The lowest BCUT2D eigenvalue weighted by atomic mass is 9.89. The van der Waals surface area contributed by atoms with Crippen molar-refractivity contribution in [2.75, 3.05) is 0 Å². The van der Waals surface area contributed by atoms with Crippen molar-refractivity contribution in [3.8, 4) is 24.3 Å². The van der Waals surface area contributed by atoms with Crippen molar-refractivity contribution in [2.24, 2.45) is 0 Å². The maximum atomic E-state index is 14.0. The number of rotatable bonds is 0. The van der Waals surface area contributed by atoms with Crippen LogP contribution in [0.4, 0.5) is 13.2 Å². The Labute approximate surface area is 111 Å². The molecule has 1 aromatic carbocycles. The Hall–Kier alpha value is -3.23. The molecule has 0 spiro atoms. The third-order valence-electron chi connectivity index (χ3n) is 2.50. The van der Waals surface area contributed by atoms with Gasteiger partial charge in [-0.3, -0.25) is 0 Å². The average molecular weight is 270 g/mol. The molecule has 1 aromatic rings. The zero-order valence-corrected chi connectivity index (χ0v) is 9.92. The van der Waals surface area contributed by atoms with Crippen LogP contribution in [0.15, 0.2) is 0 Å². The van der Waals surface area contributed by atoms with Gasteiger partial charge in [-0.25, -0.2) is 13.2 Å². The summed E-state index contributed by atoms with van der Waals surface area (Å²) in [5, 5.41) is 32.6. The van der Waals surface area contributed by atoms with E-state index in [1.807, 2.05) is 0 Å². The molecule has 4 nitrogen and oxygen atoms in total. The van der Waals surface area contributed by atoms with Crippen LogP contribution in [-0.4, -0.2) is 7.85 Å². The van der Waals surface area contributed by atoms with E-state index in [1.165, 1.54) is 24.3 Å². The first-order valence-electron chi connectivity index (χ1n) is 4.96. The number of hydrogen-bond acceptors (Lipinski definition) is 4. The van der Waals surface area contributed by atoms with Gasteiger partial charge in [0.15, 0.2) is 11.6 Å². The first kappa shape index (κ1) is 14.8. The zero-order chi connectivity index (χ0) is 15.4. The van der Waals surface area contributed by atoms with E-state index in [1.54, 1.807) is 0 Å². The quantitative estimate of drug-likeness (QED) is 0.435. The number of hydrogen-bond donors (Lipinski definition) is 0. The third-order valence-corrected chi connectivity index (χ3v) is 2.50. The highest BCUT2D eigenvalue weighted by molar-refractivity contribution is 6.33. The second-order valence-electron chi connectivity index (χ2n) is 3.51. The van der Waals surface area contributed by atoms with E-state index in [0.717, 1.165) is 7.85 Å². The Kier molecular flexibility index (Phi) is 4.16. The summed E-state index contributed by atoms with van der Waals surface area (Å²) in [7, 11) is 1.01. The van der Waals surface area contributed by atoms with Gasteiger partial charge in [0.25, 0.3) is 0 Å². The summed E-state index contributed by atoms with van der Waals surface area (Å²) in [6, 6.07) is 5.16. The molecular weight excluding hydrogens is 268 g/mol. The molecule has 0 saturated carbocycles. The van der Waals surface area contributed by atoms with E-state index < -0.39 is 44.5 Å². The standard InChI is InChI=1S/C12H2BF3N4/c13-9-7(5(1-17)2-18)11(15)12(16)8(10(9)14)6(3-19)4-20/h13H2. The van der Waals surface area contributed by atoms with Crippen molar-refractivity contribution in [3.05, 3.63) is 27.9 Å². The lowest BCUT2D eigenvalue weighted by molar-refractivity contribution is 0.482. The molecule has 94 valence electrons. The predicted molar refractivity (Wildman–Crippen MR) is 63.0 cm³/mol. The largest absolute Gasteiger partial charge is 0.207 e. The van der Waals surface area contributed by atoms with Crippen LogP contribution in [0.2, 0.25) is 0 Å². The molecule has 0 aliphatic heterocycles. The fourth-order valence-electron chi connectivity index (χ4n) is 1.57. The van der Waals surface area contributed by atoms with Gasteiger partial charge in [-0.05, 0) is 5.46 Å². The molecule has 0 aliphatic rings. The van der Waals surface area contributed by atoms with Crippen LogP contribution >= 0.6 is 0 Å². The van der Waals surface area contributed by atoms with Crippen LogP contribution in [-0.2, 0) is 0 Å². The Morgan fingerprint density at radius 3 is 1.45 bits per heavy atom. The zero-order valence-electron chi connectivity index (χ0n) is 9.92. The SMILES string of the molecule is Bc1c(F)c(=C(C#N)C#N)c(F)c(F)c1=C(C#N)C#N. The van der Waals surface area contributed by atoms with E-state index in [0.29, 0.717) is 0 Å². The second kappa shape index (κ2) is 5.61. The number of benzene rings is 1. The highest BCUT2D eigenvalue weighted by Gasteiger charge is 2.19. The Morgan fingerprint density at radius 2 is 1.05 bits per heavy atom. The van der Waals surface area contributed by atoms with Crippen molar-refractivity contribution >= 4 is 24.5 Å². The molecule has 0 amide bonds. The fourth-order valence-corrected chi connectivity index (χ4v) is 1.57. The molecule has 8 heteroatoms. The molecule has 1 rings (SSSR count). The molecule has 0 atom stereocenters. The summed E-state index contributed by atoms with van der Waals surface area (Å²) >= 11 is 0. The van der Waals surface area contributed by atoms with Gasteiger partial charge >= 0.3 is 0 Å². The van der Waals surface area contributed by atoms with E-state index in [2.05, 4.69) is 0 Å². The summed E-state index contributed by atoms with van der Waals surface area (Å²) in [5.74, 6) is -4.80. The third kappa shape index (κ3) is 2.07. The summed E-state index contributed by atoms with van der Waals surface area (Å²) < 4.78 is 41.7. The summed E-state index contributed by atoms with van der Waals surface area (Å²) in [4.78, 5) is 0. The molecule has 0 unspecified atom stereocenters. The Morgan fingerprint density at radius 1 is 0.700 bits per heavy atom. The van der Waals surface area contributed by atoms with Gasteiger partial charge in [0.05, 0.1) is 5.22 Å². The average Bonchev–Trinajstić information content (AvgIpc) is 2.46. The van der Waals surface area contributed by atoms with Crippen LogP contribution in [0.5, 0.6) is 0 Å². The van der Waals surface area contributed by atoms with E-state index >= 15 is 0 Å². The van der Waals surface area contributed by atoms with E-state index in [9.17, 15) is 13.2 Å². The fraction of sp³-hybridized carbons (Fsp3) is 0. The topological polar surface area (TPSA) is 95.2 Å². The van der Waals surface area contributed by atoms with Gasteiger partial charge in [0.1, 0.15) is 49.1 Å². The molecule has 0 fully saturated rings. The molecule has 0 N–H and O–H groups in total. The molecule has 0 bridgehead atoms. The monoisotopic (exact) mass is 270 g/mol. The van der Waals surface area contributed by atoms with E-state index in [-0.39, 0.29) is 0 Å². The highest BCUT2D eigenvalue weighted by atomic mass is 19.2. The summed E-state index contributed by atoms with van der Waals surface area (Å²) in [6.45, 7) is 0.